The minimum absolute atomic E-state index is 0. The van der Waals surface area contributed by atoms with E-state index < -0.39 is 0 Å². The second kappa shape index (κ2) is 4.82. The Kier molecular flexibility index (Phi) is 5.57. The molecule has 0 bridgehead atoms. The second-order valence-electron chi connectivity index (χ2n) is 1.92. The normalized spacial score (nSPS) is 14.1. The van der Waals surface area contributed by atoms with Gasteiger partial charge in [-0.05, 0) is 0 Å². The van der Waals surface area contributed by atoms with E-state index in [1.54, 1.807) is 6.20 Å². The minimum Gasteiger partial charge on any atom is -0.344 e. The zero-order chi connectivity index (χ0) is 6.85. The monoisotopic (exact) mass is 175 g/mol. The fourth-order valence-corrected chi connectivity index (χ4v) is 0.692. The summed E-state index contributed by atoms with van der Waals surface area (Å²) in [5.41, 5.74) is 0. The van der Waals surface area contributed by atoms with E-state index in [4.69, 9.17) is 0 Å². The predicted molar refractivity (Wildman–Crippen MR) is 50.3 cm³/mol. The van der Waals surface area contributed by atoms with E-state index in [0.717, 1.165) is 5.82 Å². The van der Waals surface area contributed by atoms with Crippen LogP contribution in [0, 0.1) is 0 Å². The van der Waals surface area contributed by atoms with Crippen molar-refractivity contribution in [1.29, 1.82) is 0 Å². The van der Waals surface area contributed by atoms with Crippen molar-refractivity contribution in [3.63, 3.8) is 0 Å². The first-order valence-corrected chi connectivity index (χ1v) is 2.76. The SMILES string of the molecule is C=CN1C=CN(C)C1=C.Cl.N. The average molecular weight is 176 g/mol. The molecule has 1 rings (SSSR count). The molecule has 64 valence electrons. The van der Waals surface area contributed by atoms with Gasteiger partial charge in [0.15, 0.2) is 0 Å². The van der Waals surface area contributed by atoms with E-state index in [1.807, 2.05) is 29.2 Å². The molecule has 0 fully saturated rings. The van der Waals surface area contributed by atoms with Crippen molar-refractivity contribution in [1.82, 2.24) is 16.0 Å². The minimum atomic E-state index is 0. The number of nitrogens with zero attached hydrogens (tertiary/aromatic N) is 2. The first-order valence-electron chi connectivity index (χ1n) is 2.76. The molecular formula is C7H14ClN3. The Balaban J connectivity index is 0. The highest BCUT2D eigenvalue weighted by atomic mass is 35.5. The first kappa shape index (κ1) is 12.7. The molecule has 0 saturated carbocycles. The van der Waals surface area contributed by atoms with Crippen LogP contribution in [-0.4, -0.2) is 16.8 Å². The van der Waals surface area contributed by atoms with Crippen molar-refractivity contribution in [2.24, 2.45) is 0 Å². The molecule has 4 heteroatoms. The van der Waals surface area contributed by atoms with Crippen molar-refractivity contribution in [2.75, 3.05) is 7.05 Å². The van der Waals surface area contributed by atoms with E-state index in [1.165, 1.54) is 0 Å². The maximum absolute atomic E-state index is 3.81. The van der Waals surface area contributed by atoms with Gasteiger partial charge in [0.25, 0.3) is 0 Å². The van der Waals surface area contributed by atoms with E-state index in [-0.39, 0.29) is 18.6 Å². The Morgan fingerprint density at radius 3 is 2.18 bits per heavy atom. The summed E-state index contributed by atoms with van der Waals surface area (Å²) >= 11 is 0. The topological polar surface area (TPSA) is 41.5 Å². The van der Waals surface area contributed by atoms with Crippen molar-refractivity contribution in [3.05, 3.63) is 37.6 Å². The number of hydrogen-bond donors (Lipinski definition) is 1. The molecule has 0 aliphatic carbocycles. The van der Waals surface area contributed by atoms with Gasteiger partial charge in [0.1, 0.15) is 5.82 Å². The third-order valence-corrected chi connectivity index (χ3v) is 1.35. The quantitative estimate of drug-likeness (QED) is 0.662. The van der Waals surface area contributed by atoms with Crippen LogP contribution in [0.3, 0.4) is 0 Å². The van der Waals surface area contributed by atoms with E-state index in [9.17, 15) is 0 Å². The maximum Gasteiger partial charge on any atom is 0.109 e. The zero-order valence-electron chi connectivity index (χ0n) is 6.66. The Bertz CT molecular complexity index is 177. The summed E-state index contributed by atoms with van der Waals surface area (Å²) in [6.07, 6.45) is 5.57. The van der Waals surface area contributed by atoms with Gasteiger partial charge in [-0.15, -0.1) is 12.4 Å². The molecule has 0 radical (unpaired) electrons. The molecule has 1 aliphatic heterocycles. The summed E-state index contributed by atoms with van der Waals surface area (Å²) in [7, 11) is 1.95. The van der Waals surface area contributed by atoms with Crippen LogP contribution in [0.25, 0.3) is 0 Å². The van der Waals surface area contributed by atoms with Crippen LogP contribution in [0.15, 0.2) is 37.6 Å². The Labute approximate surface area is 73.7 Å². The van der Waals surface area contributed by atoms with Crippen molar-refractivity contribution >= 4 is 12.4 Å². The molecule has 0 aromatic rings. The summed E-state index contributed by atoms with van der Waals surface area (Å²) in [6.45, 7) is 7.42. The fourth-order valence-electron chi connectivity index (χ4n) is 0.692. The predicted octanol–water partition coefficient (Wildman–Crippen LogP) is 1.90. The standard InChI is InChI=1S/C7H10N2.ClH.H3N/c1-4-9-6-5-8(3)7(9)2;;/h4-6H,1-2H2,3H3;1H;1H3. The van der Waals surface area contributed by atoms with Crippen molar-refractivity contribution < 1.29 is 0 Å². The molecule has 11 heavy (non-hydrogen) atoms. The highest BCUT2D eigenvalue weighted by Gasteiger charge is 2.09. The summed E-state index contributed by atoms with van der Waals surface area (Å²) < 4.78 is 0. The highest BCUT2D eigenvalue weighted by molar-refractivity contribution is 5.85. The van der Waals surface area contributed by atoms with Crippen LogP contribution in [0.4, 0.5) is 0 Å². The molecule has 1 aliphatic rings. The smallest absolute Gasteiger partial charge is 0.109 e. The van der Waals surface area contributed by atoms with Gasteiger partial charge in [0.2, 0.25) is 0 Å². The van der Waals surface area contributed by atoms with Gasteiger partial charge >= 0.3 is 0 Å². The third kappa shape index (κ3) is 2.29. The number of halogens is 1. The van der Waals surface area contributed by atoms with E-state index in [2.05, 4.69) is 13.2 Å². The molecule has 0 aromatic heterocycles. The lowest BCUT2D eigenvalue weighted by atomic mass is 10.6. The van der Waals surface area contributed by atoms with Crippen LogP contribution in [-0.2, 0) is 0 Å². The van der Waals surface area contributed by atoms with Gasteiger partial charge < -0.3 is 16.0 Å². The lowest BCUT2D eigenvalue weighted by molar-refractivity contribution is 0.478. The van der Waals surface area contributed by atoms with E-state index in [0.29, 0.717) is 0 Å². The van der Waals surface area contributed by atoms with Gasteiger partial charge in [0.05, 0.1) is 0 Å². The fraction of sp³-hybridized carbons (Fsp3) is 0.143. The van der Waals surface area contributed by atoms with Crippen molar-refractivity contribution in [2.45, 2.75) is 0 Å². The van der Waals surface area contributed by atoms with Crippen LogP contribution < -0.4 is 6.15 Å². The maximum atomic E-state index is 3.81. The molecule has 1 heterocycles. The lowest BCUT2D eigenvalue weighted by Gasteiger charge is -2.15. The molecule has 0 spiro atoms. The molecule has 0 atom stereocenters. The van der Waals surface area contributed by atoms with Crippen LogP contribution >= 0.6 is 12.4 Å². The molecule has 3 nitrogen and oxygen atoms in total. The molecular weight excluding hydrogens is 162 g/mol. The summed E-state index contributed by atoms with van der Waals surface area (Å²) in [6, 6.07) is 0. The molecule has 0 saturated heterocycles. The van der Waals surface area contributed by atoms with Gasteiger partial charge in [-0.1, -0.05) is 13.2 Å². The third-order valence-electron chi connectivity index (χ3n) is 1.35. The molecule has 3 N–H and O–H groups in total. The van der Waals surface area contributed by atoms with Gasteiger partial charge in [-0.3, -0.25) is 0 Å². The lowest BCUT2D eigenvalue weighted by Crippen LogP contribution is -2.13. The van der Waals surface area contributed by atoms with E-state index >= 15 is 0 Å². The van der Waals surface area contributed by atoms with Crippen LogP contribution in [0.2, 0.25) is 0 Å². The van der Waals surface area contributed by atoms with Crippen LogP contribution in [0.1, 0.15) is 0 Å². The van der Waals surface area contributed by atoms with Crippen molar-refractivity contribution in [3.8, 4) is 0 Å². The second-order valence-corrected chi connectivity index (χ2v) is 1.92. The Morgan fingerprint density at radius 1 is 1.45 bits per heavy atom. The van der Waals surface area contributed by atoms with Crippen LogP contribution in [0.5, 0.6) is 0 Å². The average Bonchev–Trinajstić information content (AvgIpc) is 2.15. The van der Waals surface area contributed by atoms with Gasteiger partial charge in [-0.2, -0.15) is 0 Å². The Hall–Kier alpha value is -0.930. The number of rotatable bonds is 1. The zero-order valence-corrected chi connectivity index (χ0v) is 7.47. The summed E-state index contributed by atoms with van der Waals surface area (Å²) in [5.74, 6) is 0.935. The Morgan fingerprint density at radius 2 is 2.00 bits per heavy atom. The molecule has 0 aromatic carbocycles. The summed E-state index contributed by atoms with van der Waals surface area (Å²) in [5, 5.41) is 0. The van der Waals surface area contributed by atoms with Gasteiger partial charge in [-0.25, -0.2) is 0 Å². The molecule has 0 unspecified atom stereocenters. The number of hydrogen-bond acceptors (Lipinski definition) is 3. The first-order chi connectivity index (χ1) is 4.25. The van der Waals surface area contributed by atoms with Gasteiger partial charge in [0, 0.05) is 25.6 Å². The summed E-state index contributed by atoms with van der Waals surface area (Å²) in [4.78, 5) is 3.79. The largest absolute Gasteiger partial charge is 0.344 e. The highest BCUT2D eigenvalue weighted by Crippen LogP contribution is 2.14. The molecule has 0 amide bonds.